The minimum Gasteiger partial charge on any atom is -0.356 e. The van der Waals surface area contributed by atoms with Gasteiger partial charge < -0.3 is 9.88 Å². The van der Waals surface area contributed by atoms with Gasteiger partial charge in [-0.05, 0) is 38.2 Å². The first-order valence-corrected chi connectivity index (χ1v) is 9.34. The van der Waals surface area contributed by atoms with Crippen LogP contribution in [0.15, 0.2) is 23.4 Å². The number of piperidine rings is 1. The molecule has 0 aromatic carbocycles. The molecule has 0 saturated carbocycles. The molecule has 1 aromatic heterocycles. The van der Waals surface area contributed by atoms with Gasteiger partial charge in [-0.3, -0.25) is 0 Å². The fourth-order valence-electron chi connectivity index (χ4n) is 3.75. The van der Waals surface area contributed by atoms with E-state index in [1.807, 2.05) is 14.0 Å². The number of nitrogens with zero attached hydrogens (tertiary/aromatic N) is 2. The molecule has 118 valence electrons. The molecule has 5 nitrogen and oxygen atoms in total. The second kappa shape index (κ2) is 5.74. The maximum atomic E-state index is 13.0. The molecule has 2 saturated heterocycles. The van der Waals surface area contributed by atoms with Crippen LogP contribution in [0.4, 0.5) is 0 Å². The Morgan fingerprint density at radius 3 is 2.52 bits per heavy atom. The lowest BCUT2D eigenvalue weighted by molar-refractivity contribution is 0.226. The van der Waals surface area contributed by atoms with E-state index in [2.05, 4.69) is 5.32 Å². The number of fused-ring (bicyclic) bond motifs is 2. The minimum atomic E-state index is -3.38. The third-order valence-electron chi connectivity index (χ3n) is 4.71. The topological polar surface area (TPSA) is 54.3 Å². The predicted molar refractivity (Wildman–Crippen MR) is 82.6 cm³/mol. The number of sulfonamides is 1. The molecule has 21 heavy (non-hydrogen) atoms. The zero-order valence-electron chi connectivity index (χ0n) is 12.8. The molecule has 2 unspecified atom stereocenters. The van der Waals surface area contributed by atoms with Crippen LogP contribution < -0.4 is 5.32 Å². The van der Waals surface area contributed by atoms with Gasteiger partial charge in [-0.1, -0.05) is 6.92 Å². The van der Waals surface area contributed by atoms with Gasteiger partial charge in [0.05, 0.1) is 4.90 Å². The third-order valence-corrected chi connectivity index (χ3v) is 6.65. The van der Waals surface area contributed by atoms with Crippen LogP contribution in [0.5, 0.6) is 0 Å². The van der Waals surface area contributed by atoms with Crippen LogP contribution >= 0.6 is 0 Å². The Morgan fingerprint density at radius 1 is 1.33 bits per heavy atom. The summed E-state index contributed by atoms with van der Waals surface area (Å²) < 4.78 is 29.5. The van der Waals surface area contributed by atoms with Crippen molar-refractivity contribution in [3.63, 3.8) is 0 Å². The Bertz CT molecular complexity index is 584. The molecule has 0 amide bonds. The van der Waals surface area contributed by atoms with Gasteiger partial charge in [0.25, 0.3) is 0 Å². The van der Waals surface area contributed by atoms with E-state index in [4.69, 9.17) is 0 Å². The molecule has 2 bridgehead atoms. The first kappa shape index (κ1) is 15.1. The molecule has 0 radical (unpaired) electrons. The highest BCUT2D eigenvalue weighted by molar-refractivity contribution is 7.89. The van der Waals surface area contributed by atoms with Crippen molar-refractivity contribution in [2.24, 2.45) is 7.05 Å². The predicted octanol–water partition coefficient (Wildman–Crippen LogP) is 1.71. The number of hydrogen-bond donors (Lipinski definition) is 1. The highest BCUT2D eigenvalue weighted by atomic mass is 32.2. The van der Waals surface area contributed by atoms with E-state index in [9.17, 15) is 8.42 Å². The lowest BCUT2D eigenvalue weighted by Crippen LogP contribution is -2.50. The number of aryl methyl sites for hydroxylation is 1. The molecule has 0 aliphatic carbocycles. The van der Waals surface area contributed by atoms with Crippen LogP contribution in [0.1, 0.15) is 39.0 Å². The van der Waals surface area contributed by atoms with Crippen molar-refractivity contribution in [3.05, 3.63) is 18.5 Å². The molecule has 2 aliphatic heterocycles. The zero-order valence-corrected chi connectivity index (χ0v) is 13.6. The molecule has 2 fully saturated rings. The number of aromatic nitrogens is 1. The van der Waals surface area contributed by atoms with Gasteiger partial charge in [0.2, 0.25) is 10.0 Å². The van der Waals surface area contributed by atoms with Gasteiger partial charge in [0, 0.05) is 44.1 Å². The molecule has 6 heteroatoms. The highest BCUT2D eigenvalue weighted by Gasteiger charge is 2.40. The highest BCUT2D eigenvalue weighted by Crippen LogP contribution is 2.32. The Kier molecular flexibility index (Phi) is 4.12. The molecular weight excluding hydrogens is 286 g/mol. The summed E-state index contributed by atoms with van der Waals surface area (Å²) in [5.41, 5.74) is 0. The fraction of sp³-hybridized carbons (Fsp3) is 0.733. The number of hydrogen-bond acceptors (Lipinski definition) is 3. The second-order valence-electron chi connectivity index (χ2n) is 6.39. The summed E-state index contributed by atoms with van der Waals surface area (Å²) in [6, 6.07) is 2.85. The van der Waals surface area contributed by atoms with Gasteiger partial charge in [-0.15, -0.1) is 0 Å². The SMILES string of the molecule is CCCN(C1CC2CCC(C1)N2)S(=O)(=O)c1ccn(C)c1. The van der Waals surface area contributed by atoms with Crippen molar-refractivity contribution in [2.75, 3.05) is 6.54 Å². The molecule has 2 aliphatic rings. The van der Waals surface area contributed by atoms with Crippen molar-refractivity contribution in [2.45, 2.75) is 62.0 Å². The van der Waals surface area contributed by atoms with Crippen LogP contribution in [0.25, 0.3) is 0 Å². The monoisotopic (exact) mass is 311 g/mol. The summed E-state index contributed by atoms with van der Waals surface area (Å²) in [6.45, 7) is 2.66. The summed E-state index contributed by atoms with van der Waals surface area (Å²) in [5.74, 6) is 0. The maximum absolute atomic E-state index is 13.0. The van der Waals surface area contributed by atoms with Gasteiger partial charge in [-0.25, -0.2) is 8.42 Å². The third kappa shape index (κ3) is 2.89. The largest absolute Gasteiger partial charge is 0.356 e. The Morgan fingerprint density at radius 2 is 2.00 bits per heavy atom. The van der Waals surface area contributed by atoms with Gasteiger partial charge in [0.15, 0.2) is 0 Å². The smallest absolute Gasteiger partial charge is 0.244 e. The van der Waals surface area contributed by atoms with Crippen LogP contribution in [-0.4, -0.2) is 42.0 Å². The van der Waals surface area contributed by atoms with E-state index < -0.39 is 10.0 Å². The Balaban J connectivity index is 1.87. The lowest BCUT2D eigenvalue weighted by Gasteiger charge is -2.36. The molecule has 1 N–H and O–H groups in total. The lowest BCUT2D eigenvalue weighted by atomic mass is 10.00. The molecule has 3 rings (SSSR count). The number of rotatable bonds is 5. The molecule has 1 aromatic rings. The van der Waals surface area contributed by atoms with E-state index in [0.717, 1.165) is 19.3 Å². The maximum Gasteiger partial charge on any atom is 0.244 e. The summed E-state index contributed by atoms with van der Waals surface area (Å²) in [4.78, 5) is 0.421. The van der Waals surface area contributed by atoms with E-state index in [1.54, 1.807) is 27.3 Å². The molecular formula is C15H25N3O2S. The van der Waals surface area contributed by atoms with Crippen molar-refractivity contribution in [1.29, 1.82) is 0 Å². The van der Waals surface area contributed by atoms with Gasteiger partial charge in [-0.2, -0.15) is 4.31 Å². The van der Waals surface area contributed by atoms with E-state index >= 15 is 0 Å². The second-order valence-corrected chi connectivity index (χ2v) is 8.28. The first-order chi connectivity index (χ1) is 10.0. The van der Waals surface area contributed by atoms with Crippen LogP contribution in [0.3, 0.4) is 0 Å². The average molecular weight is 311 g/mol. The van der Waals surface area contributed by atoms with Crippen LogP contribution in [0, 0.1) is 0 Å². The van der Waals surface area contributed by atoms with Crippen molar-refractivity contribution in [1.82, 2.24) is 14.2 Å². The van der Waals surface area contributed by atoms with Gasteiger partial charge >= 0.3 is 0 Å². The first-order valence-electron chi connectivity index (χ1n) is 7.90. The molecule has 0 spiro atoms. The van der Waals surface area contributed by atoms with Crippen molar-refractivity contribution < 1.29 is 8.42 Å². The van der Waals surface area contributed by atoms with E-state index in [0.29, 0.717) is 23.5 Å². The summed E-state index contributed by atoms with van der Waals surface area (Å²) in [6.07, 6.45) is 8.62. The molecule has 3 heterocycles. The summed E-state index contributed by atoms with van der Waals surface area (Å²) in [5, 5.41) is 3.59. The summed E-state index contributed by atoms with van der Waals surface area (Å²) in [7, 11) is -1.52. The average Bonchev–Trinajstić information content (AvgIpc) is 3.02. The Hall–Kier alpha value is -0.850. The quantitative estimate of drug-likeness (QED) is 0.900. The van der Waals surface area contributed by atoms with Crippen molar-refractivity contribution in [3.8, 4) is 0 Å². The summed E-state index contributed by atoms with van der Waals surface area (Å²) >= 11 is 0. The number of nitrogens with one attached hydrogen (secondary N) is 1. The van der Waals surface area contributed by atoms with Crippen molar-refractivity contribution >= 4 is 10.0 Å². The zero-order chi connectivity index (χ0) is 15.0. The fourth-order valence-corrected chi connectivity index (χ4v) is 5.54. The Labute approximate surface area is 127 Å². The minimum absolute atomic E-state index is 0.147. The standard InChI is InChI=1S/C15H25N3O2S/c1-3-7-18(14-9-12-4-5-13(10-14)16-12)21(19,20)15-6-8-17(2)11-15/h6,8,11-14,16H,3-5,7,9-10H2,1-2H3. The van der Waals surface area contributed by atoms with Gasteiger partial charge in [0.1, 0.15) is 0 Å². The van der Waals surface area contributed by atoms with E-state index in [-0.39, 0.29) is 6.04 Å². The van der Waals surface area contributed by atoms with Crippen LogP contribution in [-0.2, 0) is 17.1 Å². The van der Waals surface area contributed by atoms with E-state index in [1.165, 1.54) is 12.8 Å². The van der Waals surface area contributed by atoms with Crippen LogP contribution in [0.2, 0.25) is 0 Å². The normalized spacial score (nSPS) is 29.2. The molecule has 2 atom stereocenters.